The first kappa shape index (κ1) is 20.3. The number of anilines is 1. The predicted molar refractivity (Wildman–Crippen MR) is 98.1 cm³/mol. The van der Waals surface area contributed by atoms with Crippen LogP contribution in [0.4, 0.5) is 5.69 Å². The highest BCUT2D eigenvalue weighted by Crippen LogP contribution is 2.22. The number of rotatable bonds is 5. The minimum absolute atomic E-state index is 0.0309. The highest BCUT2D eigenvalue weighted by molar-refractivity contribution is 7.89. The molecular formula is C15H16ClN3O5S2. The van der Waals surface area contributed by atoms with E-state index in [1.54, 1.807) is 0 Å². The number of nitrogens with two attached hydrogens (primary N) is 1. The largest absolute Gasteiger partial charge is 0.322 e. The Labute approximate surface area is 156 Å². The van der Waals surface area contributed by atoms with Crippen molar-refractivity contribution in [3.8, 4) is 0 Å². The minimum Gasteiger partial charge on any atom is -0.322 e. The summed E-state index contributed by atoms with van der Waals surface area (Å²) in [5, 5.41) is 7.50. The Morgan fingerprint density at radius 1 is 1.04 bits per heavy atom. The Bertz CT molecular complexity index is 1050. The lowest BCUT2D eigenvalue weighted by Gasteiger charge is -2.12. The van der Waals surface area contributed by atoms with E-state index in [0.29, 0.717) is 5.69 Å². The molecule has 0 aliphatic carbocycles. The summed E-state index contributed by atoms with van der Waals surface area (Å²) in [6, 6.07) is 9.21. The Morgan fingerprint density at radius 3 is 2.12 bits per heavy atom. The van der Waals surface area contributed by atoms with E-state index in [1.165, 1.54) is 50.5 Å². The molecule has 0 spiro atoms. The molecule has 0 aliphatic rings. The van der Waals surface area contributed by atoms with Crippen LogP contribution in [0.25, 0.3) is 0 Å². The summed E-state index contributed by atoms with van der Waals surface area (Å²) >= 11 is 5.78. The topological polar surface area (TPSA) is 127 Å². The molecule has 2 aromatic rings. The van der Waals surface area contributed by atoms with Crippen LogP contribution < -0.4 is 10.5 Å². The number of carbonyl (C=O) groups is 1. The van der Waals surface area contributed by atoms with Crippen LogP contribution in [0, 0.1) is 0 Å². The number of sulfonamides is 2. The molecule has 0 heterocycles. The number of hydrogen-bond donors (Lipinski definition) is 2. The van der Waals surface area contributed by atoms with Crippen molar-refractivity contribution in [2.75, 3.05) is 19.4 Å². The molecule has 8 nitrogen and oxygen atoms in total. The Hall–Kier alpha value is -1.98. The summed E-state index contributed by atoms with van der Waals surface area (Å²) in [4.78, 5) is 12.0. The van der Waals surface area contributed by atoms with Gasteiger partial charge in [-0.3, -0.25) is 4.79 Å². The van der Waals surface area contributed by atoms with Gasteiger partial charge in [-0.1, -0.05) is 11.6 Å². The van der Waals surface area contributed by atoms with Crippen LogP contribution in [0.3, 0.4) is 0 Å². The highest BCUT2D eigenvalue weighted by Gasteiger charge is 2.18. The van der Waals surface area contributed by atoms with Gasteiger partial charge in [0.05, 0.1) is 9.92 Å². The Morgan fingerprint density at radius 2 is 1.62 bits per heavy atom. The molecule has 2 rings (SSSR count). The van der Waals surface area contributed by atoms with Crippen molar-refractivity contribution in [3.05, 3.63) is 53.1 Å². The van der Waals surface area contributed by atoms with Crippen LogP contribution in [0.15, 0.2) is 52.3 Å². The lowest BCUT2D eigenvalue weighted by Crippen LogP contribution is -2.22. The Balaban J connectivity index is 2.26. The maximum Gasteiger partial charge on any atom is 0.255 e. The van der Waals surface area contributed by atoms with Gasteiger partial charge in [0.25, 0.3) is 5.91 Å². The van der Waals surface area contributed by atoms with Crippen LogP contribution in [0.1, 0.15) is 10.4 Å². The van der Waals surface area contributed by atoms with Crippen molar-refractivity contribution in [1.82, 2.24) is 4.31 Å². The van der Waals surface area contributed by atoms with Gasteiger partial charge in [-0.05, 0) is 42.5 Å². The SMILES string of the molecule is CN(C)S(=O)(=O)c1ccc(NC(=O)c2ccc(Cl)c(S(N)(=O)=O)c2)cc1. The molecule has 26 heavy (non-hydrogen) atoms. The summed E-state index contributed by atoms with van der Waals surface area (Å²) < 4.78 is 48.0. The summed E-state index contributed by atoms with van der Waals surface area (Å²) in [5.74, 6) is -0.602. The third-order valence-corrected chi connectivity index (χ3v) is 6.61. The van der Waals surface area contributed by atoms with Crippen LogP contribution in [-0.2, 0) is 20.0 Å². The zero-order valence-electron chi connectivity index (χ0n) is 13.8. The first-order chi connectivity index (χ1) is 11.9. The first-order valence-electron chi connectivity index (χ1n) is 7.09. The molecular weight excluding hydrogens is 402 g/mol. The smallest absolute Gasteiger partial charge is 0.255 e. The third-order valence-electron chi connectivity index (χ3n) is 3.39. The molecule has 0 aromatic heterocycles. The molecule has 2 aromatic carbocycles. The molecule has 0 atom stereocenters. The van der Waals surface area contributed by atoms with Crippen molar-refractivity contribution in [1.29, 1.82) is 0 Å². The van der Waals surface area contributed by atoms with Crippen LogP contribution in [-0.4, -0.2) is 41.1 Å². The number of nitrogens with one attached hydrogen (secondary N) is 1. The van der Waals surface area contributed by atoms with Gasteiger partial charge in [0.2, 0.25) is 20.0 Å². The van der Waals surface area contributed by atoms with Crippen molar-refractivity contribution in [2.24, 2.45) is 5.14 Å². The fraction of sp³-hybridized carbons (Fsp3) is 0.133. The zero-order chi connectivity index (χ0) is 19.7. The van der Waals surface area contributed by atoms with Crippen molar-refractivity contribution in [2.45, 2.75) is 9.79 Å². The minimum atomic E-state index is -4.08. The van der Waals surface area contributed by atoms with Gasteiger partial charge in [0, 0.05) is 25.3 Å². The van der Waals surface area contributed by atoms with E-state index in [-0.39, 0.29) is 20.4 Å². The molecule has 0 unspecified atom stereocenters. The molecule has 0 aliphatic heterocycles. The second-order valence-corrected chi connectivity index (χ2v) is 9.55. The average molecular weight is 418 g/mol. The van der Waals surface area contributed by atoms with Gasteiger partial charge in [-0.15, -0.1) is 0 Å². The molecule has 140 valence electrons. The lowest BCUT2D eigenvalue weighted by molar-refractivity contribution is 0.102. The fourth-order valence-corrected chi connectivity index (χ4v) is 3.96. The monoisotopic (exact) mass is 417 g/mol. The summed E-state index contributed by atoms with van der Waals surface area (Å²) in [5.41, 5.74) is 0.364. The number of halogens is 1. The normalized spacial score (nSPS) is 12.2. The first-order valence-corrected chi connectivity index (χ1v) is 10.5. The number of amides is 1. The molecule has 3 N–H and O–H groups in total. The van der Waals surface area contributed by atoms with Gasteiger partial charge in [0.1, 0.15) is 4.90 Å². The molecule has 1 amide bonds. The van der Waals surface area contributed by atoms with E-state index in [2.05, 4.69) is 5.32 Å². The molecule has 0 saturated heterocycles. The van der Waals surface area contributed by atoms with Crippen molar-refractivity contribution < 1.29 is 21.6 Å². The number of hydrogen-bond acceptors (Lipinski definition) is 5. The summed E-state index contributed by atoms with van der Waals surface area (Å²) in [6.45, 7) is 0. The average Bonchev–Trinajstić information content (AvgIpc) is 2.54. The second-order valence-electron chi connectivity index (χ2n) is 5.46. The van der Waals surface area contributed by atoms with Crippen LogP contribution >= 0.6 is 11.6 Å². The van der Waals surface area contributed by atoms with Crippen LogP contribution in [0.5, 0.6) is 0 Å². The van der Waals surface area contributed by atoms with Crippen LogP contribution in [0.2, 0.25) is 5.02 Å². The molecule has 0 fully saturated rings. The number of benzene rings is 2. The van der Waals surface area contributed by atoms with Gasteiger partial charge in [-0.25, -0.2) is 26.3 Å². The number of primary sulfonamides is 1. The third kappa shape index (κ3) is 4.40. The van der Waals surface area contributed by atoms with E-state index in [1.807, 2.05) is 0 Å². The second kappa shape index (κ2) is 7.33. The highest BCUT2D eigenvalue weighted by atomic mass is 35.5. The zero-order valence-corrected chi connectivity index (χ0v) is 16.2. The van der Waals surface area contributed by atoms with Crippen molar-refractivity contribution >= 4 is 43.2 Å². The van der Waals surface area contributed by atoms with Gasteiger partial charge >= 0.3 is 0 Å². The van der Waals surface area contributed by atoms with E-state index in [0.717, 1.165) is 10.4 Å². The molecule has 0 radical (unpaired) electrons. The number of nitrogens with zero attached hydrogens (tertiary/aromatic N) is 1. The van der Waals surface area contributed by atoms with E-state index in [4.69, 9.17) is 16.7 Å². The van der Waals surface area contributed by atoms with Gasteiger partial charge < -0.3 is 5.32 Å². The predicted octanol–water partition coefficient (Wildman–Crippen LogP) is 1.49. The van der Waals surface area contributed by atoms with E-state index in [9.17, 15) is 21.6 Å². The van der Waals surface area contributed by atoms with Crippen molar-refractivity contribution in [3.63, 3.8) is 0 Å². The lowest BCUT2D eigenvalue weighted by atomic mass is 10.2. The van der Waals surface area contributed by atoms with Gasteiger partial charge in [-0.2, -0.15) is 0 Å². The molecule has 0 bridgehead atoms. The Kier molecular flexibility index (Phi) is 5.73. The summed E-state index contributed by atoms with van der Waals surface area (Å²) in [6.07, 6.45) is 0. The molecule has 11 heteroatoms. The molecule has 0 saturated carbocycles. The van der Waals surface area contributed by atoms with E-state index < -0.39 is 26.0 Å². The number of carbonyl (C=O) groups excluding carboxylic acids is 1. The maximum atomic E-state index is 12.3. The maximum absolute atomic E-state index is 12.3. The van der Waals surface area contributed by atoms with E-state index >= 15 is 0 Å². The quantitative estimate of drug-likeness (QED) is 0.761. The fourth-order valence-electron chi connectivity index (χ4n) is 1.99. The van der Waals surface area contributed by atoms with Gasteiger partial charge in [0.15, 0.2) is 0 Å². The standard InChI is InChI=1S/C15H16ClN3O5S2/c1-19(2)26(23,24)12-6-4-11(5-7-12)18-15(20)10-3-8-13(16)14(9-10)25(17,21)22/h3-9H,1-2H3,(H,18,20)(H2,17,21,22). The summed E-state index contributed by atoms with van der Waals surface area (Å²) in [7, 11) is -4.83.